The molecule has 0 bridgehead atoms. The van der Waals surface area contributed by atoms with Crippen LogP contribution in [0.15, 0.2) is 47.6 Å². The van der Waals surface area contributed by atoms with Crippen LogP contribution in [0.5, 0.6) is 11.5 Å². The van der Waals surface area contributed by atoms with Gasteiger partial charge in [-0.3, -0.25) is 4.79 Å². The van der Waals surface area contributed by atoms with Gasteiger partial charge in [0.15, 0.2) is 0 Å². The zero-order valence-electron chi connectivity index (χ0n) is 12.2. The first kappa shape index (κ1) is 15.9. The summed E-state index contributed by atoms with van der Waals surface area (Å²) in [7, 11) is 3.09. The van der Waals surface area contributed by atoms with Gasteiger partial charge >= 0.3 is 0 Å². The molecule has 2 aromatic rings. The fourth-order valence-corrected chi connectivity index (χ4v) is 1.95. The number of hydrazone groups is 1. The fraction of sp³-hybridized carbons (Fsp3) is 0.125. The monoisotopic (exact) mass is 318 g/mol. The van der Waals surface area contributed by atoms with Crippen molar-refractivity contribution in [2.75, 3.05) is 14.2 Å². The number of hydrogen-bond acceptors (Lipinski definition) is 4. The number of amides is 1. The molecular weight excluding hydrogens is 304 g/mol. The van der Waals surface area contributed by atoms with Crippen molar-refractivity contribution >= 4 is 23.7 Å². The molecule has 0 aliphatic rings. The van der Waals surface area contributed by atoms with Crippen molar-refractivity contribution < 1.29 is 14.3 Å². The highest BCUT2D eigenvalue weighted by atomic mass is 35.5. The van der Waals surface area contributed by atoms with Crippen LogP contribution in [0.3, 0.4) is 0 Å². The van der Waals surface area contributed by atoms with Crippen LogP contribution < -0.4 is 14.9 Å². The Morgan fingerprint density at radius 3 is 2.50 bits per heavy atom. The first-order chi connectivity index (χ1) is 10.6. The predicted molar refractivity (Wildman–Crippen MR) is 86.1 cm³/mol. The molecule has 5 nitrogen and oxygen atoms in total. The summed E-state index contributed by atoms with van der Waals surface area (Å²) < 4.78 is 10.2. The van der Waals surface area contributed by atoms with Crippen molar-refractivity contribution in [3.8, 4) is 11.5 Å². The number of nitrogens with zero attached hydrogens (tertiary/aromatic N) is 1. The van der Waals surface area contributed by atoms with Crippen LogP contribution in [0.1, 0.15) is 15.9 Å². The number of carbonyl (C=O) groups is 1. The summed E-state index contributed by atoms with van der Waals surface area (Å²) in [4.78, 5) is 12.1. The molecule has 0 heterocycles. The topological polar surface area (TPSA) is 59.9 Å². The molecule has 0 saturated heterocycles. The zero-order valence-corrected chi connectivity index (χ0v) is 12.9. The van der Waals surface area contributed by atoms with Gasteiger partial charge in [0.2, 0.25) is 0 Å². The maximum atomic E-state index is 12.1. The molecule has 0 radical (unpaired) electrons. The second kappa shape index (κ2) is 7.47. The Morgan fingerprint density at radius 1 is 1.14 bits per heavy atom. The van der Waals surface area contributed by atoms with Gasteiger partial charge in [0, 0.05) is 5.02 Å². The summed E-state index contributed by atoms with van der Waals surface area (Å²) in [6, 6.07) is 12.1. The smallest absolute Gasteiger partial charge is 0.275 e. The number of benzene rings is 2. The van der Waals surface area contributed by atoms with Crippen LogP contribution in [0.2, 0.25) is 5.02 Å². The van der Waals surface area contributed by atoms with Gasteiger partial charge < -0.3 is 9.47 Å². The molecule has 0 atom stereocenters. The SMILES string of the molecule is COc1ccc(C=NNC(=O)c2cc(Cl)ccc2OC)cc1. The van der Waals surface area contributed by atoms with E-state index < -0.39 is 5.91 Å². The molecule has 0 aliphatic heterocycles. The van der Waals surface area contributed by atoms with E-state index in [0.29, 0.717) is 16.3 Å². The molecule has 6 heteroatoms. The summed E-state index contributed by atoms with van der Waals surface area (Å²) in [5.74, 6) is 0.788. The van der Waals surface area contributed by atoms with Crippen molar-refractivity contribution in [2.24, 2.45) is 5.10 Å². The number of carbonyl (C=O) groups excluding carboxylic acids is 1. The standard InChI is InChI=1S/C16H15ClN2O3/c1-21-13-6-3-11(4-7-13)10-18-19-16(20)14-9-12(17)5-8-15(14)22-2/h3-10H,1-2H3,(H,19,20). The van der Waals surface area contributed by atoms with Gasteiger partial charge in [-0.15, -0.1) is 0 Å². The summed E-state index contributed by atoms with van der Waals surface area (Å²) in [5.41, 5.74) is 3.59. The number of rotatable bonds is 5. The quantitative estimate of drug-likeness (QED) is 0.680. The number of halogens is 1. The van der Waals surface area contributed by atoms with Gasteiger partial charge in [0.25, 0.3) is 5.91 Å². The van der Waals surface area contributed by atoms with Gasteiger partial charge in [-0.1, -0.05) is 11.6 Å². The van der Waals surface area contributed by atoms with E-state index in [4.69, 9.17) is 21.1 Å². The van der Waals surface area contributed by atoms with Crippen molar-refractivity contribution in [1.29, 1.82) is 0 Å². The Labute approximate surface area is 133 Å². The number of hydrogen-bond donors (Lipinski definition) is 1. The molecule has 2 rings (SSSR count). The third-order valence-corrected chi connectivity index (χ3v) is 3.14. The van der Waals surface area contributed by atoms with Gasteiger partial charge in [-0.25, -0.2) is 5.43 Å². The molecule has 0 unspecified atom stereocenters. The third-order valence-electron chi connectivity index (χ3n) is 2.90. The molecule has 1 N–H and O–H groups in total. The Kier molecular flexibility index (Phi) is 5.38. The van der Waals surface area contributed by atoms with Crippen molar-refractivity contribution in [3.05, 3.63) is 58.6 Å². The first-order valence-corrected chi connectivity index (χ1v) is 6.83. The summed E-state index contributed by atoms with van der Waals surface area (Å²) in [6.07, 6.45) is 1.54. The summed E-state index contributed by atoms with van der Waals surface area (Å²) in [6.45, 7) is 0. The van der Waals surface area contributed by atoms with Gasteiger partial charge in [-0.05, 0) is 48.0 Å². The van der Waals surface area contributed by atoms with Crippen molar-refractivity contribution in [2.45, 2.75) is 0 Å². The van der Waals surface area contributed by atoms with Crippen LogP contribution in [0.4, 0.5) is 0 Å². The lowest BCUT2D eigenvalue weighted by Gasteiger charge is -2.07. The average molecular weight is 319 g/mol. The highest BCUT2D eigenvalue weighted by Gasteiger charge is 2.11. The van der Waals surface area contributed by atoms with E-state index in [2.05, 4.69) is 10.5 Å². The third kappa shape index (κ3) is 3.99. The molecule has 0 aliphatic carbocycles. The Morgan fingerprint density at radius 2 is 1.86 bits per heavy atom. The average Bonchev–Trinajstić information content (AvgIpc) is 2.55. The normalized spacial score (nSPS) is 10.5. The van der Waals surface area contributed by atoms with Crippen LogP contribution in [-0.2, 0) is 0 Å². The second-order valence-corrected chi connectivity index (χ2v) is 4.75. The lowest BCUT2D eigenvalue weighted by Crippen LogP contribution is -2.18. The molecule has 114 valence electrons. The largest absolute Gasteiger partial charge is 0.497 e. The van der Waals surface area contributed by atoms with E-state index in [9.17, 15) is 4.79 Å². The number of methoxy groups -OCH3 is 2. The summed E-state index contributed by atoms with van der Waals surface area (Å²) in [5, 5.41) is 4.36. The number of nitrogens with one attached hydrogen (secondary N) is 1. The summed E-state index contributed by atoms with van der Waals surface area (Å²) >= 11 is 5.89. The van der Waals surface area contributed by atoms with Crippen LogP contribution >= 0.6 is 11.6 Å². The zero-order chi connectivity index (χ0) is 15.9. The molecule has 22 heavy (non-hydrogen) atoms. The van der Waals surface area contributed by atoms with Gasteiger partial charge in [0.05, 0.1) is 26.0 Å². The van der Waals surface area contributed by atoms with Crippen LogP contribution in [0.25, 0.3) is 0 Å². The Balaban J connectivity index is 2.05. The lowest BCUT2D eigenvalue weighted by molar-refractivity contribution is 0.0952. The highest BCUT2D eigenvalue weighted by molar-refractivity contribution is 6.31. The first-order valence-electron chi connectivity index (χ1n) is 6.45. The van der Waals surface area contributed by atoms with E-state index in [0.717, 1.165) is 11.3 Å². The lowest BCUT2D eigenvalue weighted by atomic mass is 10.2. The van der Waals surface area contributed by atoms with Crippen molar-refractivity contribution in [1.82, 2.24) is 5.43 Å². The minimum absolute atomic E-state index is 0.321. The minimum atomic E-state index is -0.399. The van der Waals surface area contributed by atoms with Crippen molar-refractivity contribution in [3.63, 3.8) is 0 Å². The molecule has 2 aromatic carbocycles. The fourth-order valence-electron chi connectivity index (χ4n) is 1.77. The van der Waals surface area contributed by atoms with E-state index >= 15 is 0 Å². The molecule has 0 saturated carbocycles. The molecule has 0 aromatic heterocycles. The molecular formula is C16H15ClN2O3. The van der Waals surface area contributed by atoms with E-state index in [-0.39, 0.29) is 0 Å². The predicted octanol–water partition coefficient (Wildman–Crippen LogP) is 3.12. The van der Waals surface area contributed by atoms with E-state index in [1.165, 1.54) is 19.4 Å². The Hall–Kier alpha value is -2.53. The van der Waals surface area contributed by atoms with Crippen LogP contribution in [-0.4, -0.2) is 26.3 Å². The minimum Gasteiger partial charge on any atom is -0.497 e. The maximum Gasteiger partial charge on any atom is 0.275 e. The second-order valence-electron chi connectivity index (χ2n) is 4.32. The van der Waals surface area contributed by atoms with Gasteiger partial charge in [-0.2, -0.15) is 5.10 Å². The van der Waals surface area contributed by atoms with Gasteiger partial charge in [0.1, 0.15) is 11.5 Å². The molecule has 1 amide bonds. The van der Waals surface area contributed by atoms with E-state index in [1.54, 1.807) is 19.2 Å². The number of ether oxygens (including phenoxy) is 2. The highest BCUT2D eigenvalue weighted by Crippen LogP contribution is 2.22. The Bertz CT molecular complexity index is 684. The van der Waals surface area contributed by atoms with E-state index in [1.807, 2.05) is 24.3 Å². The molecule has 0 spiro atoms. The maximum absolute atomic E-state index is 12.1. The molecule has 0 fully saturated rings. The van der Waals surface area contributed by atoms with Crippen LogP contribution in [0, 0.1) is 0 Å².